The van der Waals surface area contributed by atoms with E-state index in [-0.39, 0.29) is 25.2 Å². The van der Waals surface area contributed by atoms with Crippen LogP contribution in [0.3, 0.4) is 0 Å². The molecule has 1 atom stereocenters. The van der Waals surface area contributed by atoms with Crippen molar-refractivity contribution in [1.82, 2.24) is 9.72 Å². The second-order valence-corrected chi connectivity index (χ2v) is 5.93. The first-order valence-electron chi connectivity index (χ1n) is 7.76. The number of aryl methyl sites for hydroxylation is 1. The number of benzene rings is 1. The number of hydrogen-bond donors (Lipinski definition) is 1. The highest BCUT2D eigenvalue weighted by Crippen LogP contribution is 2.11. The summed E-state index contributed by atoms with van der Waals surface area (Å²) >= 11 is 5.78. The Balaban J connectivity index is 1.94. The molecule has 1 heterocycles. The normalized spacial score (nSPS) is 13.3. The van der Waals surface area contributed by atoms with Gasteiger partial charge in [0.05, 0.1) is 6.54 Å². The predicted molar refractivity (Wildman–Crippen MR) is 94.4 cm³/mol. The minimum absolute atomic E-state index is 0.115. The van der Waals surface area contributed by atoms with E-state index >= 15 is 0 Å². The Morgan fingerprint density at radius 1 is 1.46 bits per heavy atom. The van der Waals surface area contributed by atoms with Crippen LogP contribution in [0.25, 0.3) is 0 Å². The van der Waals surface area contributed by atoms with Gasteiger partial charge in [-0.3, -0.25) is 14.1 Å². The number of rotatable bonds is 8. The molecule has 0 aliphatic carbocycles. The number of carbonyl (C=O) groups is 1. The van der Waals surface area contributed by atoms with Crippen molar-refractivity contribution < 1.29 is 18.8 Å². The van der Waals surface area contributed by atoms with Gasteiger partial charge < -0.3 is 5.11 Å². The number of carboxylic acid groups (broad SMARTS) is 1. The van der Waals surface area contributed by atoms with Crippen LogP contribution in [0.15, 0.2) is 50.5 Å². The molecule has 2 rings (SSSR count). The molecule has 138 valence electrons. The van der Waals surface area contributed by atoms with Gasteiger partial charge in [-0.1, -0.05) is 35.0 Å². The predicted octanol–water partition coefficient (Wildman–Crippen LogP) is 3.00. The topological polar surface area (TPSA) is 97.7 Å². The van der Waals surface area contributed by atoms with Crippen LogP contribution in [-0.4, -0.2) is 33.1 Å². The number of aliphatic imine (C=N–C) groups is 1. The molecule has 7 nitrogen and oxygen atoms in total. The maximum atomic E-state index is 13.9. The molecule has 0 fully saturated rings. The first kappa shape index (κ1) is 19.6. The van der Waals surface area contributed by atoms with Gasteiger partial charge in [-0.15, -0.1) is 0 Å². The number of hydrogen-bond acceptors (Lipinski definition) is 5. The van der Waals surface area contributed by atoms with Crippen LogP contribution < -0.4 is 5.76 Å². The molecule has 0 aliphatic heterocycles. The van der Waals surface area contributed by atoms with Gasteiger partial charge >= 0.3 is 11.7 Å². The van der Waals surface area contributed by atoms with E-state index < -0.39 is 23.6 Å². The lowest BCUT2D eigenvalue weighted by molar-refractivity contribution is -0.138. The maximum absolute atomic E-state index is 13.9. The molecule has 0 saturated carbocycles. The smallest absolute Gasteiger partial charge is 0.441 e. The molecule has 0 radical (unpaired) electrons. The molecule has 0 amide bonds. The third-order valence-electron chi connectivity index (χ3n) is 3.54. The van der Waals surface area contributed by atoms with Crippen LogP contribution in [-0.2, 0) is 11.3 Å². The summed E-state index contributed by atoms with van der Waals surface area (Å²) in [7, 11) is 0. The van der Waals surface area contributed by atoms with E-state index in [0.717, 1.165) is 4.57 Å². The molecule has 0 saturated heterocycles. The summed E-state index contributed by atoms with van der Waals surface area (Å²) in [6.45, 7) is 1.21. The summed E-state index contributed by atoms with van der Waals surface area (Å²) in [4.78, 5) is 26.6. The van der Waals surface area contributed by atoms with Crippen LogP contribution in [0.5, 0.6) is 0 Å². The largest absolute Gasteiger partial charge is 0.480 e. The molecule has 2 aromatic rings. The minimum Gasteiger partial charge on any atom is -0.480 e. The SMILES string of the molecule is Cc1noc(=O)n1C/C(F)=C\CCC(N=Cc1ccc(Cl)cc1)C(=O)O. The van der Waals surface area contributed by atoms with Crippen molar-refractivity contribution >= 4 is 23.8 Å². The summed E-state index contributed by atoms with van der Waals surface area (Å²) in [6, 6.07) is 5.76. The highest BCUT2D eigenvalue weighted by atomic mass is 35.5. The number of allylic oxidation sites excluding steroid dienone is 2. The van der Waals surface area contributed by atoms with Crippen molar-refractivity contribution in [2.24, 2.45) is 4.99 Å². The van der Waals surface area contributed by atoms with Crippen molar-refractivity contribution in [3.8, 4) is 0 Å². The zero-order chi connectivity index (χ0) is 19.1. The van der Waals surface area contributed by atoms with Crippen molar-refractivity contribution in [3.05, 3.63) is 63.1 Å². The zero-order valence-corrected chi connectivity index (χ0v) is 14.7. The molecule has 0 spiro atoms. The van der Waals surface area contributed by atoms with E-state index in [2.05, 4.69) is 14.7 Å². The zero-order valence-electron chi connectivity index (χ0n) is 13.9. The lowest BCUT2D eigenvalue weighted by Gasteiger charge is -2.06. The van der Waals surface area contributed by atoms with Crippen molar-refractivity contribution in [2.45, 2.75) is 32.4 Å². The molecule has 26 heavy (non-hydrogen) atoms. The lowest BCUT2D eigenvalue weighted by Crippen LogP contribution is -2.18. The molecule has 1 unspecified atom stereocenters. The van der Waals surface area contributed by atoms with E-state index in [4.69, 9.17) is 11.6 Å². The van der Waals surface area contributed by atoms with Gasteiger partial charge in [-0.25, -0.2) is 14.0 Å². The quantitative estimate of drug-likeness (QED) is 0.709. The first-order chi connectivity index (χ1) is 12.4. The third kappa shape index (κ3) is 5.66. The van der Waals surface area contributed by atoms with Crippen LogP contribution in [0.2, 0.25) is 5.02 Å². The minimum atomic E-state index is -1.10. The Morgan fingerprint density at radius 3 is 2.73 bits per heavy atom. The molecule has 1 aromatic heterocycles. The summed E-state index contributed by atoms with van der Waals surface area (Å²) in [5.74, 6) is -2.17. The van der Waals surface area contributed by atoms with Crippen LogP contribution in [0.1, 0.15) is 24.2 Å². The van der Waals surface area contributed by atoms with Gasteiger partial charge in [-0.2, -0.15) is 0 Å². The summed E-state index contributed by atoms with van der Waals surface area (Å²) < 4.78 is 19.4. The highest BCUT2D eigenvalue weighted by Gasteiger charge is 2.15. The van der Waals surface area contributed by atoms with E-state index in [1.54, 1.807) is 24.3 Å². The van der Waals surface area contributed by atoms with Gasteiger partial charge in [-0.05, 0) is 37.5 Å². The molecule has 0 bridgehead atoms. The van der Waals surface area contributed by atoms with E-state index in [1.165, 1.54) is 19.2 Å². The van der Waals surface area contributed by atoms with E-state index in [0.29, 0.717) is 10.6 Å². The first-order valence-corrected chi connectivity index (χ1v) is 8.14. The number of nitrogens with zero attached hydrogens (tertiary/aromatic N) is 3. The van der Waals surface area contributed by atoms with Gasteiger partial charge in [0.2, 0.25) is 0 Å². The standard InChI is InChI=1S/C17H17ClFN3O4/c1-11-21-26-17(25)22(11)10-14(19)3-2-4-15(16(23)24)20-9-12-5-7-13(18)8-6-12/h3,5-9,15H,2,4,10H2,1H3,(H,23,24)/b14-3+,20-9?. The Kier molecular flexibility index (Phi) is 6.85. The lowest BCUT2D eigenvalue weighted by atomic mass is 10.1. The Labute approximate surface area is 153 Å². The third-order valence-corrected chi connectivity index (χ3v) is 3.79. The van der Waals surface area contributed by atoms with Crippen molar-refractivity contribution in [2.75, 3.05) is 0 Å². The molecule has 0 aliphatic rings. The fourth-order valence-electron chi connectivity index (χ4n) is 2.11. The second-order valence-electron chi connectivity index (χ2n) is 5.49. The summed E-state index contributed by atoms with van der Waals surface area (Å²) in [6.07, 6.45) is 2.94. The fourth-order valence-corrected chi connectivity index (χ4v) is 2.24. The molecular weight excluding hydrogens is 365 g/mol. The summed E-state index contributed by atoms with van der Waals surface area (Å²) in [5, 5.41) is 13.2. The number of halogens is 2. The van der Waals surface area contributed by atoms with Crippen molar-refractivity contribution in [1.29, 1.82) is 0 Å². The Morgan fingerprint density at radius 2 is 2.15 bits per heavy atom. The highest BCUT2D eigenvalue weighted by molar-refractivity contribution is 6.30. The van der Waals surface area contributed by atoms with Gasteiger partial charge in [0, 0.05) is 11.2 Å². The van der Waals surface area contributed by atoms with Gasteiger partial charge in [0.25, 0.3) is 0 Å². The molecule has 1 N–H and O–H groups in total. The number of carboxylic acids is 1. The average Bonchev–Trinajstić information content (AvgIpc) is 2.91. The number of aromatic nitrogens is 2. The monoisotopic (exact) mass is 381 g/mol. The molecule has 9 heteroatoms. The van der Waals surface area contributed by atoms with Crippen molar-refractivity contribution in [3.63, 3.8) is 0 Å². The maximum Gasteiger partial charge on any atom is 0.441 e. The fraction of sp³-hybridized carbons (Fsp3) is 0.294. The molecular formula is C17H17ClFN3O4. The van der Waals surface area contributed by atoms with Gasteiger partial charge in [0.1, 0.15) is 11.9 Å². The number of aliphatic carboxylic acids is 1. The Hall–Kier alpha value is -2.74. The van der Waals surface area contributed by atoms with Crippen LogP contribution in [0.4, 0.5) is 4.39 Å². The second kappa shape index (κ2) is 9.10. The van der Waals surface area contributed by atoms with Crippen LogP contribution >= 0.6 is 11.6 Å². The van der Waals surface area contributed by atoms with E-state index in [1.807, 2.05) is 0 Å². The Bertz CT molecular complexity index is 871. The summed E-state index contributed by atoms with van der Waals surface area (Å²) in [5.41, 5.74) is 0.713. The van der Waals surface area contributed by atoms with Crippen LogP contribution in [0, 0.1) is 6.92 Å². The average molecular weight is 382 g/mol. The van der Waals surface area contributed by atoms with Gasteiger partial charge in [0.15, 0.2) is 5.82 Å². The van der Waals surface area contributed by atoms with E-state index in [9.17, 15) is 19.1 Å². The molecule has 1 aromatic carbocycles.